The van der Waals surface area contributed by atoms with Gasteiger partial charge in [0.2, 0.25) is 0 Å². The van der Waals surface area contributed by atoms with Gasteiger partial charge in [-0.1, -0.05) is 6.07 Å². The van der Waals surface area contributed by atoms with Gasteiger partial charge >= 0.3 is 0 Å². The fourth-order valence-corrected chi connectivity index (χ4v) is 1.60. The van der Waals surface area contributed by atoms with E-state index < -0.39 is 17.7 Å². The van der Waals surface area contributed by atoms with Crippen molar-refractivity contribution in [2.45, 2.75) is 13.0 Å². The molecule has 1 heterocycles. The van der Waals surface area contributed by atoms with Gasteiger partial charge < -0.3 is 5.73 Å². The summed E-state index contributed by atoms with van der Waals surface area (Å²) in [7, 11) is 0. The molecule has 0 aliphatic carbocycles. The second kappa shape index (κ2) is 4.55. The van der Waals surface area contributed by atoms with E-state index in [9.17, 15) is 8.78 Å². The first-order valence-corrected chi connectivity index (χ1v) is 5.07. The lowest BCUT2D eigenvalue weighted by molar-refractivity contribution is 0.535. The Kier molecular flexibility index (Phi) is 3.10. The lowest BCUT2D eigenvalue weighted by atomic mass is 10.0. The van der Waals surface area contributed by atoms with E-state index in [1.54, 1.807) is 6.92 Å². The Labute approximate surface area is 97.3 Å². The number of nitrogens with two attached hydrogens (primary N) is 1. The molecule has 0 bridgehead atoms. The van der Waals surface area contributed by atoms with Gasteiger partial charge in [-0.25, -0.2) is 18.7 Å². The summed E-state index contributed by atoms with van der Waals surface area (Å²) in [5.41, 5.74) is 6.38. The zero-order chi connectivity index (χ0) is 12.4. The molecule has 5 heteroatoms. The molecule has 1 aromatic heterocycles. The largest absolute Gasteiger partial charge is 0.319 e. The topological polar surface area (TPSA) is 51.8 Å². The fraction of sp³-hybridized carbons (Fsp3) is 0.167. The lowest BCUT2D eigenvalue weighted by Gasteiger charge is -2.14. The van der Waals surface area contributed by atoms with Crippen molar-refractivity contribution in [2.24, 2.45) is 5.73 Å². The molecule has 17 heavy (non-hydrogen) atoms. The molecule has 0 amide bonds. The predicted octanol–water partition coefficient (Wildman–Crippen LogP) is 2.11. The molecule has 88 valence electrons. The summed E-state index contributed by atoms with van der Waals surface area (Å²) in [4.78, 5) is 7.63. The van der Waals surface area contributed by atoms with Crippen molar-refractivity contribution in [3.05, 3.63) is 59.2 Å². The van der Waals surface area contributed by atoms with Crippen LogP contribution in [-0.4, -0.2) is 9.97 Å². The van der Waals surface area contributed by atoms with Crippen LogP contribution in [0.15, 0.2) is 30.7 Å². The predicted molar refractivity (Wildman–Crippen MR) is 59.2 cm³/mol. The first kappa shape index (κ1) is 11.6. The minimum Gasteiger partial charge on any atom is -0.319 e. The van der Waals surface area contributed by atoms with Crippen LogP contribution in [-0.2, 0) is 0 Å². The minimum absolute atomic E-state index is 0.163. The Balaban J connectivity index is 2.51. The van der Waals surface area contributed by atoms with Crippen LogP contribution in [0.1, 0.15) is 22.9 Å². The van der Waals surface area contributed by atoms with Crippen LogP contribution < -0.4 is 5.73 Å². The van der Waals surface area contributed by atoms with Gasteiger partial charge in [-0.15, -0.1) is 0 Å². The van der Waals surface area contributed by atoms with Gasteiger partial charge in [-0.05, 0) is 24.6 Å². The lowest BCUT2D eigenvalue weighted by Crippen LogP contribution is -2.17. The van der Waals surface area contributed by atoms with Crippen LogP contribution in [0, 0.1) is 18.6 Å². The molecule has 0 saturated heterocycles. The molecule has 0 radical (unpaired) electrons. The third-order valence-electron chi connectivity index (χ3n) is 2.55. The zero-order valence-corrected chi connectivity index (χ0v) is 9.19. The quantitative estimate of drug-likeness (QED) is 0.867. The Hall–Kier alpha value is -1.88. The third-order valence-corrected chi connectivity index (χ3v) is 2.55. The van der Waals surface area contributed by atoms with Gasteiger partial charge in [0.25, 0.3) is 0 Å². The summed E-state index contributed by atoms with van der Waals surface area (Å²) >= 11 is 0. The van der Waals surface area contributed by atoms with Gasteiger partial charge in [0.05, 0.1) is 11.7 Å². The SMILES string of the molecule is Cc1ccc(F)c(C(N)c2ccncn2)c1F. The van der Waals surface area contributed by atoms with Crippen LogP contribution in [0.4, 0.5) is 8.78 Å². The van der Waals surface area contributed by atoms with Gasteiger partial charge in [-0.3, -0.25) is 0 Å². The Bertz CT molecular complexity index is 529. The molecule has 0 saturated carbocycles. The summed E-state index contributed by atoms with van der Waals surface area (Å²) in [5, 5.41) is 0. The second-order valence-corrected chi connectivity index (χ2v) is 3.70. The first-order chi connectivity index (χ1) is 8.11. The highest BCUT2D eigenvalue weighted by Gasteiger charge is 2.20. The molecule has 2 N–H and O–H groups in total. The van der Waals surface area contributed by atoms with Gasteiger partial charge in [-0.2, -0.15) is 0 Å². The van der Waals surface area contributed by atoms with Crippen LogP contribution in [0.5, 0.6) is 0 Å². The summed E-state index contributed by atoms with van der Waals surface area (Å²) in [6, 6.07) is 3.18. The molecule has 0 spiro atoms. The van der Waals surface area contributed by atoms with Crippen molar-refractivity contribution in [3.8, 4) is 0 Å². The number of nitrogens with zero attached hydrogens (tertiary/aromatic N) is 2. The number of hydrogen-bond acceptors (Lipinski definition) is 3. The van der Waals surface area contributed by atoms with Crippen molar-refractivity contribution in [1.82, 2.24) is 9.97 Å². The zero-order valence-electron chi connectivity index (χ0n) is 9.19. The summed E-state index contributed by atoms with van der Waals surface area (Å²) in [5.74, 6) is -1.30. The summed E-state index contributed by atoms with van der Waals surface area (Å²) in [6.07, 6.45) is 2.77. The van der Waals surface area contributed by atoms with Crippen molar-refractivity contribution in [1.29, 1.82) is 0 Å². The Morgan fingerprint density at radius 3 is 2.65 bits per heavy atom. The number of aromatic nitrogens is 2. The highest BCUT2D eigenvalue weighted by atomic mass is 19.1. The average molecular weight is 235 g/mol. The molecule has 0 aliphatic rings. The number of benzene rings is 1. The molecular formula is C12H11F2N3. The van der Waals surface area contributed by atoms with E-state index in [1.807, 2.05) is 0 Å². The fourth-order valence-electron chi connectivity index (χ4n) is 1.60. The second-order valence-electron chi connectivity index (χ2n) is 3.70. The number of aryl methyl sites for hydroxylation is 1. The molecule has 3 nitrogen and oxygen atoms in total. The standard InChI is InChI=1S/C12H11F2N3/c1-7-2-3-8(13)10(11(7)14)12(15)9-4-5-16-6-17-9/h2-6,12H,15H2,1H3. The van der Waals surface area contributed by atoms with Crippen molar-refractivity contribution >= 4 is 0 Å². The number of hydrogen-bond donors (Lipinski definition) is 1. The molecule has 1 atom stereocenters. The molecular weight excluding hydrogens is 224 g/mol. The molecule has 1 aromatic carbocycles. The maximum Gasteiger partial charge on any atom is 0.134 e. The maximum atomic E-state index is 13.8. The number of halogens is 2. The summed E-state index contributed by atoms with van der Waals surface area (Å²) in [6.45, 7) is 1.56. The van der Waals surface area contributed by atoms with Crippen LogP contribution in [0.3, 0.4) is 0 Å². The van der Waals surface area contributed by atoms with Gasteiger partial charge in [0.1, 0.15) is 18.0 Å². The normalized spacial score (nSPS) is 12.5. The van der Waals surface area contributed by atoms with Crippen molar-refractivity contribution in [2.75, 3.05) is 0 Å². The minimum atomic E-state index is -0.933. The van der Waals surface area contributed by atoms with Gasteiger partial charge in [0.15, 0.2) is 0 Å². The molecule has 2 rings (SSSR count). The van der Waals surface area contributed by atoms with E-state index in [0.29, 0.717) is 11.3 Å². The van der Waals surface area contributed by atoms with E-state index in [1.165, 1.54) is 30.7 Å². The Morgan fingerprint density at radius 1 is 1.24 bits per heavy atom. The summed E-state index contributed by atoms with van der Waals surface area (Å²) < 4.78 is 27.4. The monoisotopic (exact) mass is 235 g/mol. The maximum absolute atomic E-state index is 13.8. The van der Waals surface area contributed by atoms with E-state index in [-0.39, 0.29) is 5.56 Å². The van der Waals surface area contributed by atoms with E-state index in [4.69, 9.17) is 5.73 Å². The number of rotatable bonds is 2. The highest BCUT2D eigenvalue weighted by molar-refractivity contribution is 5.33. The van der Waals surface area contributed by atoms with Crippen LogP contribution >= 0.6 is 0 Å². The first-order valence-electron chi connectivity index (χ1n) is 5.07. The third kappa shape index (κ3) is 2.14. The van der Waals surface area contributed by atoms with Crippen molar-refractivity contribution < 1.29 is 8.78 Å². The van der Waals surface area contributed by atoms with E-state index >= 15 is 0 Å². The molecule has 2 aromatic rings. The van der Waals surface area contributed by atoms with Crippen LogP contribution in [0.2, 0.25) is 0 Å². The highest BCUT2D eigenvalue weighted by Crippen LogP contribution is 2.25. The molecule has 0 fully saturated rings. The van der Waals surface area contributed by atoms with E-state index in [2.05, 4.69) is 9.97 Å². The molecule has 1 unspecified atom stereocenters. The average Bonchev–Trinajstić information content (AvgIpc) is 2.35. The molecule has 0 aliphatic heterocycles. The van der Waals surface area contributed by atoms with Crippen LogP contribution in [0.25, 0.3) is 0 Å². The van der Waals surface area contributed by atoms with Gasteiger partial charge in [0, 0.05) is 11.8 Å². The smallest absolute Gasteiger partial charge is 0.134 e. The van der Waals surface area contributed by atoms with Crippen molar-refractivity contribution in [3.63, 3.8) is 0 Å². The Morgan fingerprint density at radius 2 is 2.00 bits per heavy atom. The van der Waals surface area contributed by atoms with E-state index in [0.717, 1.165) is 0 Å².